The van der Waals surface area contributed by atoms with Gasteiger partial charge >= 0.3 is 5.97 Å². The van der Waals surface area contributed by atoms with Gasteiger partial charge in [0.05, 0.1) is 0 Å². The first-order chi connectivity index (χ1) is 9.18. The number of hydrogen-bond acceptors (Lipinski definition) is 3. The van der Waals surface area contributed by atoms with E-state index in [-0.39, 0.29) is 0 Å². The molecule has 0 radical (unpaired) electrons. The molecule has 4 heteroatoms. The van der Waals surface area contributed by atoms with Crippen molar-refractivity contribution >= 4 is 17.4 Å². The minimum absolute atomic E-state index is 0.373. The molecule has 2 aromatic carbocycles. The van der Waals surface area contributed by atoms with Crippen LogP contribution in [0, 0.1) is 0 Å². The molecule has 0 saturated carbocycles. The topological polar surface area (TPSA) is 66.4 Å². The Kier molecular flexibility index (Phi) is 3.93. The largest absolute Gasteiger partial charge is 0.479 e. The molecular formula is C15H13NO3. The van der Waals surface area contributed by atoms with Gasteiger partial charge in [0.1, 0.15) is 0 Å². The van der Waals surface area contributed by atoms with Gasteiger partial charge in [-0.3, -0.25) is 4.79 Å². The lowest BCUT2D eigenvalue weighted by Gasteiger charge is -2.14. The van der Waals surface area contributed by atoms with Crippen LogP contribution >= 0.6 is 0 Å². The Hall–Kier alpha value is -2.62. The fourth-order valence-electron chi connectivity index (χ4n) is 1.71. The summed E-state index contributed by atoms with van der Waals surface area (Å²) in [4.78, 5) is 23.4. The molecule has 19 heavy (non-hydrogen) atoms. The van der Waals surface area contributed by atoms with Crippen molar-refractivity contribution in [2.45, 2.75) is 6.04 Å². The maximum Gasteiger partial charge on any atom is 0.334 e. The highest BCUT2D eigenvalue weighted by Gasteiger charge is 2.26. The molecular weight excluding hydrogens is 242 g/mol. The van der Waals surface area contributed by atoms with E-state index in [1.54, 1.807) is 54.6 Å². The first-order valence-corrected chi connectivity index (χ1v) is 5.82. The number of anilines is 1. The molecule has 0 aliphatic carbocycles. The lowest BCUT2D eigenvalue weighted by Crippen LogP contribution is -2.37. The molecule has 2 aromatic rings. The van der Waals surface area contributed by atoms with Crippen molar-refractivity contribution in [1.29, 1.82) is 0 Å². The Balaban J connectivity index is 2.22. The van der Waals surface area contributed by atoms with E-state index >= 15 is 0 Å². The number of carboxylic acids is 1. The summed E-state index contributed by atoms with van der Waals surface area (Å²) in [7, 11) is 0. The molecule has 2 rings (SSSR count). The Labute approximate surface area is 110 Å². The van der Waals surface area contributed by atoms with Crippen LogP contribution in [0.15, 0.2) is 60.7 Å². The molecule has 0 aliphatic heterocycles. The molecule has 0 spiro atoms. The maximum atomic E-state index is 12.1. The van der Waals surface area contributed by atoms with Crippen molar-refractivity contribution < 1.29 is 14.7 Å². The highest BCUT2D eigenvalue weighted by Crippen LogP contribution is 2.11. The molecule has 0 amide bonds. The number of para-hydroxylation sites is 1. The maximum absolute atomic E-state index is 12.1. The van der Waals surface area contributed by atoms with Crippen molar-refractivity contribution in [2.24, 2.45) is 0 Å². The van der Waals surface area contributed by atoms with Gasteiger partial charge in [0.2, 0.25) is 0 Å². The zero-order chi connectivity index (χ0) is 13.7. The van der Waals surface area contributed by atoms with Crippen LogP contribution < -0.4 is 5.32 Å². The van der Waals surface area contributed by atoms with Crippen LogP contribution in [0.5, 0.6) is 0 Å². The third-order valence-electron chi connectivity index (χ3n) is 2.65. The summed E-state index contributed by atoms with van der Waals surface area (Å²) in [6, 6.07) is 15.9. The van der Waals surface area contributed by atoms with Crippen molar-refractivity contribution in [1.82, 2.24) is 0 Å². The highest BCUT2D eigenvalue weighted by molar-refractivity contribution is 6.13. The Morgan fingerprint density at radius 1 is 0.895 bits per heavy atom. The van der Waals surface area contributed by atoms with Gasteiger partial charge in [-0.2, -0.15) is 0 Å². The van der Waals surface area contributed by atoms with Crippen molar-refractivity contribution in [2.75, 3.05) is 5.32 Å². The summed E-state index contributed by atoms with van der Waals surface area (Å²) in [5.41, 5.74) is 0.970. The van der Waals surface area contributed by atoms with Gasteiger partial charge in [-0.1, -0.05) is 48.5 Å². The van der Waals surface area contributed by atoms with E-state index in [9.17, 15) is 14.7 Å². The molecule has 2 N–H and O–H groups in total. The summed E-state index contributed by atoms with van der Waals surface area (Å²) in [5, 5.41) is 11.9. The number of carbonyl (C=O) groups is 2. The molecule has 0 saturated heterocycles. The van der Waals surface area contributed by atoms with Crippen molar-refractivity contribution in [3.05, 3.63) is 66.2 Å². The predicted molar refractivity (Wildman–Crippen MR) is 72.3 cm³/mol. The molecule has 1 atom stereocenters. The second-order valence-corrected chi connectivity index (χ2v) is 4.01. The van der Waals surface area contributed by atoms with Gasteiger partial charge in [0.15, 0.2) is 11.8 Å². The number of Topliss-reactive ketones (excluding diaryl/α,β-unsaturated/α-hetero) is 1. The highest BCUT2D eigenvalue weighted by atomic mass is 16.4. The number of carbonyl (C=O) groups excluding carboxylic acids is 1. The van der Waals surface area contributed by atoms with Gasteiger partial charge in [-0.25, -0.2) is 4.79 Å². The lowest BCUT2D eigenvalue weighted by molar-refractivity contribution is -0.136. The summed E-state index contributed by atoms with van der Waals surface area (Å²) < 4.78 is 0. The Bertz CT molecular complexity index is 566. The van der Waals surface area contributed by atoms with E-state index in [4.69, 9.17) is 0 Å². The summed E-state index contributed by atoms with van der Waals surface area (Å²) in [6.45, 7) is 0. The van der Waals surface area contributed by atoms with Crippen molar-refractivity contribution in [3.8, 4) is 0 Å². The Morgan fingerprint density at radius 2 is 1.42 bits per heavy atom. The molecule has 1 unspecified atom stereocenters. The van der Waals surface area contributed by atoms with E-state index in [2.05, 4.69) is 5.32 Å². The van der Waals surface area contributed by atoms with E-state index < -0.39 is 17.8 Å². The van der Waals surface area contributed by atoms with Crippen LogP contribution in [0.1, 0.15) is 10.4 Å². The van der Waals surface area contributed by atoms with Crippen LogP contribution in [0.25, 0.3) is 0 Å². The molecule has 0 heterocycles. The summed E-state index contributed by atoms with van der Waals surface area (Å²) >= 11 is 0. The molecule has 96 valence electrons. The third kappa shape index (κ3) is 3.19. The smallest absolute Gasteiger partial charge is 0.334 e. The minimum atomic E-state index is -1.29. The number of hydrogen-bond donors (Lipinski definition) is 2. The van der Waals surface area contributed by atoms with E-state index in [1.807, 2.05) is 6.07 Å². The summed E-state index contributed by atoms with van der Waals surface area (Å²) in [6.07, 6.45) is 0. The average Bonchev–Trinajstić information content (AvgIpc) is 2.46. The third-order valence-corrected chi connectivity index (χ3v) is 2.65. The number of benzene rings is 2. The number of ketones is 1. The van der Waals surface area contributed by atoms with E-state index in [1.165, 1.54) is 0 Å². The fourth-order valence-corrected chi connectivity index (χ4v) is 1.71. The standard InChI is InChI=1S/C15H13NO3/c17-14(11-7-3-1-4-8-11)13(15(18)19)16-12-9-5-2-6-10-12/h1-10,13,16H,(H,18,19). The van der Waals surface area contributed by atoms with Crippen LogP contribution in [0.4, 0.5) is 5.69 Å². The Morgan fingerprint density at radius 3 is 1.95 bits per heavy atom. The van der Waals surface area contributed by atoms with Crippen LogP contribution in [-0.4, -0.2) is 22.9 Å². The molecule has 4 nitrogen and oxygen atoms in total. The average molecular weight is 255 g/mol. The van der Waals surface area contributed by atoms with Crippen LogP contribution in [0.3, 0.4) is 0 Å². The quantitative estimate of drug-likeness (QED) is 0.636. The van der Waals surface area contributed by atoms with E-state index in [0.29, 0.717) is 11.3 Å². The van der Waals surface area contributed by atoms with Crippen LogP contribution in [-0.2, 0) is 4.79 Å². The predicted octanol–water partition coefficient (Wildman–Crippen LogP) is 2.43. The zero-order valence-corrected chi connectivity index (χ0v) is 10.1. The van der Waals surface area contributed by atoms with Crippen molar-refractivity contribution in [3.63, 3.8) is 0 Å². The molecule has 0 bridgehead atoms. The number of rotatable bonds is 5. The van der Waals surface area contributed by atoms with Gasteiger partial charge in [0, 0.05) is 11.3 Å². The van der Waals surface area contributed by atoms with Crippen LogP contribution in [0.2, 0.25) is 0 Å². The SMILES string of the molecule is O=C(O)C(Nc1ccccc1)C(=O)c1ccccc1. The minimum Gasteiger partial charge on any atom is -0.479 e. The molecule has 0 aromatic heterocycles. The first-order valence-electron chi connectivity index (χ1n) is 5.82. The number of aliphatic carboxylic acids is 1. The second kappa shape index (κ2) is 5.82. The van der Waals surface area contributed by atoms with Gasteiger partial charge in [0.25, 0.3) is 0 Å². The van der Waals surface area contributed by atoms with Gasteiger partial charge < -0.3 is 10.4 Å². The number of carboxylic acid groups (broad SMARTS) is 1. The fraction of sp³-hybridized carbons (Fsp3) is 0.0667. The van der Waals surface area contributed by atoms with E-state index in [0.717, 1.165) is 0 Å². The van der Waals surface area contributed by atoms with Gasteiger partial charge in [-0.15, -0.1) is 0 Å². The lowest BCUT2D eigenvalue weighted by atomic mass is 10.0. The second-order valence-electron chi connectivity index (χ2n) is 4.01. The monoisotopic (exact) mass is 255 g/mol. The first kappa shape index (κ1) is 12.8. The zero-order valence-electron chi connectivity index (χ0n) is 10.1. The molecule has 0 fully saturated rings. The summed E-state index contributed by atoms with van der Waals surface area (Å²) in [5.74, 6) is -1.66. The van der Waals surface area contributed by atoms with Gasteiger partial charge in [-0.05, 0) is 12.1 Å². The molecule has 0 aliphatic rings. The normalized spacial score (nSPS) is 11.6. The number of nitrogens with one attached hydrogen (secondary N) is 1.